The van der Waals surface area contributed by atoms with Crippen LogP contribution in [0.3, 0.4) is 0 Å². The molecule has 96 valence electrons. The summed E-state index contributed by atoms with van der Waals surface area (Å²) in [4.78, 5) is 0. The summed E-state index contributed by atoms with van der Waals surface area (Å²) in [6, 6.07) is 15.9. The van der Waals surface area contributed by atoms with Gasteiger partial charge in [-0.2, -0.15) is 0 Å². The molecule has 2 nitrogen and oxygen atoms in total. The summed E-state index contributed by atoms with van der Waals surface area (Å²) in [6.45, 7) is 0.714. The Bertz CT molecular complexity index is 463. The molecule has 0 radical (unpaired) electrons. The van der Waals surface area contributed by atoms with Gasteiger partial charge in [0.15, 0.2) is 0 Å². The van der Waals surface area contributed by atoms with Crippen molar-refractivity contribution in [2.75, 3.05) is 6.66 Å². The zero-order valence-corrected chi connectivity index (χ0v) is 10.7. The van der Waals surface area contributed by atoms with Crippen LogP contribution in [0.1, 0.15) is 0 Å². The summed E-state index contributed by atoms with van der Waals surface area (Å²) in [7, 11) is -5.66. The minimum absolute atomic E-state index is 0.0959. The fraction of sp³-hybridized carbons (Fsp3) is 0.0769. The van der Waals surface area contributed by atoms with Crippen LogP contribution in [0, 0.1) is 0 Å². The van der Waals surface area contributed by atoms with Crippen molar-refractivity contribution in [1.82, 2.24) is 0 Å². The van der Waals surface area contributed by atoms with E-state index in [1.165, 1.54) is 24.3 Å². The summed E-state index contributed by atoms with van der Waals surface area (Å²) < 4.78 is 37.9. The molecule has 2 aromatic carbocycles. The van der Waals surface area contributed by atoms with Crippen LogP contribution in [0.15, 0.2) is 60.7 Å². The van der Waals surface area contributed by atoms with Crippen molar-refractivity contribution in [3.05, 3.63) is 60.7 Å². The summed E-state index contributed by atoms with van der Waals surface area (Å²) in [5, 5.41) is 0. The number of hydrogen-bond acceptors (Lipinski definition) is 2. The Morgan fingerprint density at radius 3 is 1.39 bits per heavy atom. The van der Waals surface area contributed by atoms with Gasteiger partial charge in [-0.05, 0) is 0 Å². The maximum atomic E-state index is 14.2. The van der Waals surface area contributed by atoms with Gasteiger partial charge in [0, 0.05) is 0 Å². The van der Waals surface area contributed by atoms with E-state index in [4.69, 9.17) is 9.05 Å². The maximum absolute atomic E-state index is 14.2. The van der Waals surface area contributed by atoms with Crippen LogP contribution < -0.4 is 9.05 Å². The van der Waals surface area contributed by atoms with Crippen molar-refractivity contribution in [3.8, 4) is 11.5 Å². The fourth-order valence-electron chi connectivity index (χ4n) is 1.44. The third kappa shape index (κ3) is 3.67. The average Bonchev–Trinajstić information content (AvgIpc) is 2.29. The van der Waals surface area contributed by atoms with Gasteiger partial charge in [0.05, 0.1) is 0 Å². The molecule has 0 aliphatic carbocycles. The first kappa shape index (κ1) is 12.8. The Labute approximate surface area is 104 Å². The topological polar surface area (TPSA) is 18.5 Å². The van der Waals surface area contributed by atoms with Crippen molar-refractivity contribution >= 4 is 7.68 Å². The zero-order chi connectivity index (χ0) is 13.1. The summed E-state index contributed by atoms with van der Waals surface area (Å²) >= 11 is 0. The average molecular weight is 270 g/mol. The minimum atomic E-state index is -5.66. The first-order valence-corrected chi connectivity index (χ1v) is 7.68. The van der Waals surface area contributed by atoms with Gasteiger partial charge < -0.3 is 0 Å². The summed E-state index contributed by atoms with van der Waals surface area (Å²) in [6.07, 6.45) is 0. The third-order valence-corrected chi connectivity index (χ3v) is 3.30. The molecule has 0 amide bonds. The van der Waals surface area contributed by atoms with E-state index < -0.39 is 7.68 Å². The Hall–Kier alpha value is -1.67. The quantitative estimate of drug-likeness (QED) is 0.733. The monoisotopic (exact) mass is 270 g/mol. The Balaban J connectivity index is 2.17. The van der Waals surface area contributed by atoms with Gasteiger partial charge in [-0.25, -0.2) is 0 Å². The van der Waals surface area contributed by atoms with Crippen molar-refractivity contribution in [2.45, 2.75) is 0 Å². The van der Waals surface area contributed by atoms with E-state index in [9.17, 15) is 8.39 Å². The molecule has 0 bridgehead atoms. The molecular formula is C13H13F2O2P. The molecule has 0 aliphatic heterocycles. The van der Waals surface area contributed by atoms with Crippen LogP contribution in [0.25, 0.3) is 0 Å². The molecule has 2 rings (SSSR count). The van der Waals surface area contributed by atoms with Crippen molar-refractivity contribution in [3.63, 3.8) is 0 Å². The van der Waals surface area contributed by atoms with E-state index in [-0.39, 0.29) is 11.5 Å². The van der Waals surface area contributed by atoms with Crippen LogP contribution in [0.4, 0.5) is 8.39 Å². The number of hydrogen-bond donors (Lipinski definition) is 0. The molecule has 0 N–H and O–H groups in total. The molecule has 0 spiro atoms. The van der Waals surface area contributed by atoms with Gasteiger partial charge in [-0.15, -0.1) is 0 Å². The van der Waals surface area contributed by atoms with Crippen molar-refractivity contribution in [1.29, 1.82) is 0 Å². The Morgan fingerprint density at radius 1 is 0.722 bits per heavy atom. The molecule has 2 aromatic rings. The summed E-state index contributed by atoms with van der Waals surface area (Å²) in [5.41, 5.74) is 0. The Kier molecular flexibility index (Phi) is 3.22. The summed E-state index contributed by atoms with van der Waals surface area (Å²) in [5.74, 6) is 0.192. The number of halogens is 2. The molecule has 0 aliphatic rings. The number of benzene rings is 2. The van der Waals surface area contributed by atoms with E-state index in [2.05, 4.69) is 0 Å². The molecule has 0 heterocycles. The molecule has 0 saturated carbocycles. The van der Waals surface area contributed by atoms with Crippen LogP contribution in [-0.4, -0.2) is 6.66 Å². The zero-order valence-electron chi connectivity index (χ0n) is 9.79. The van der Waals surface area contributed by atoms with Gasteiger partial charge in [0.2, 0.25) is 0 Å². The predicted octanol–water partition coefficient (Wildman–Crippen LogP) is 4.93. The molecule has 0 saturated heterocycles. The second kappa shape index (κ2) is 4.54. The van der Waals surface area contributed by atoms with E-state index in [1.54, 1.807) is 36.4 Å². The molecule has 0 atom stereocenters. The molecule has 5 heteroatoms. The second-order valence-electron chi connectivity index (χ2n) is 3.93. The number of rotatable bonds is 4. The van der Waals surface area contributed by atoms with E-state index >= 15 is 0 Å². The van der Waals surface area contributed by atoms with E-state index in [0.717, 1.165) is 0 Å². The molecule has 0 fully saturated rings. The second-order valence-corrected chi connectivity index (χ2v) is 6.53. The van der Waals surface area contributed by atoms with Gasteiger partial charge >= 0.3 is 104 Å². The third-order valence-electron chi connectivity index (χ3n) is 2.09. The predicted molar refractivity (Wildman–Crippen MR) is 69.2 cm³/mol. The first-order valence-electron chi connectivity index (χ1n) is 5.38. The first-order chi connectivity index (χ1) is 8.42. The normalized spacial score (nSPS) is 13.4. The molecular weight excluding hydrogens is 257 g/mol. The SMILES string of the molecule is CP(F)(F)(Oc1ccccc1)Oc1ccccc1. The van der Waals surface area contributed by atoms with E-state index in [1.807, 2.05) is 0 Å². The van der Waals surface area contributed by atoms with Gasteiger partial charge in [-0.3, -0.25) is 0 Å². The van der Waals surface area contributed by atoms with Crippen LogP contribution in [-0.2, 0) is 0 Å². The van der Waals surface area contributed by atoms with Gasteiger partial charge in [0.1, 0.15) is 0 Å². The van der Waals surface area contributed by atoms with E-state index in [0.29, 0.717) is 6.66 Å². The number of para-hydroxylation sites is 2. The fourth-order valence-corrected chi connectivity index (χ4v) is 2.63. The molecule has 0 aromatic heterocycles. The van der Waals surface area contributed by atoms with Crippen LogP contribution >= 0.6 is 7.68 Å². The Morgan fingerprint density at radius 2 is 1.06 bits per heavy atom. The molecule has 0 unspecified atom stereocenters. The van der Waals surface area contributed by atoms with Crippen molar-refractivity contribution in [2.24, 2.45) is 0 Å². The standard InChI is InChI=1S/C13H13F2O2P/c1-18(14,15,16-12-8-4-2-5-9-12)17-13-10-6-3-7-11-13/h2-11H,1H3. The van der Waals surface area contributed by atoms with Crippen molar-refractivity contribution < 1.29 is 17.4 Å². The van der Waals surface area contributed by atoms with Crippen LogP contribution in [0.2, 0.25) is 0 Å². The van der Waals surface area contributed by atoms with Gasteiger partial charge in [-0.1, -0.05) is 0 Å². The van der Waals surface area contributed by atoms with Gasteiger partial charge in [0.25, 0.3) is 0 Å². The molecule has 18 heavy (non-hydrogen) atoms. The van der Waals surface area contributed by atoms with Crippen LogP contribution in [0.5, 0.6) is 11.5 Å².